The first kappa shape index (κ1) is 15.3. The van der Waals surface area contributed by atoms with Gasteiger partial charge in [-0.1, -0.05) is 6.92 Å². The number of rotatable bonds is 3. The Hall–Kier alpha value is -0.610. The van der Waals surface area contributed by atoms with Crippen LogP contribution in [0.1, 0.15) is 39.0 Å². The van der Waals surface area contributed by atoms with Gasteiger partial charge in [0.1, 0.15) is 0 Å². The van der Waals surface area contributed by atoms with Crippen LogP contribution in [0, 0.1) is 11.3 Å². The summed E-state index contributed by atoms with van der Waals surface area (Å²) in [4.78, 5) is 19.3. The first-order valence-corrected chi connectivity index (χ1v) is 8.75. The summed E-state index contributed by atoms with van der Waals surface area (Å²) >= 11 is 0. The molecule has 4 nitrogen and oxygen atoms in total. The lowest BCUT2D eigenvalue weighted by Gasteiger charge is -2.51. The zero-order chi connectivity index (χ0) is 14.9. The molecule has 0 atom stereocenters. The Morgan fingerprint density at radius 3 is 2.24 bits per heavy atom. The van der Waals surface area contributed by atoms with Crippen LogP contribution in [-0.2, 0) is 4.79 Å². The van der Waals surface area contributed by atoms with Crippen molar-refractivity contribution in [1.82, 2.24) is 14.7 Å². The Balaban J connectivity index is 1.36. The second-order valence-corrected chi connectivity index (χ2v) is 7.79. The van der Waals surface area contributed by atoms with E-state index in [1.807, 2.05) is 0 Å². The molecule has 120 valence electrons. The molecule has 4 heteroatoms. The van der Waals surface area contributed by atoms with Crippen molar-refractivity contribution in [3.05, 3.63) is 0 Å². The molecule has 1 spiro atoms. The molecule has 2 aliphatic heterocycles. The number of hydrogen-bond acceptors (Lipinski definition) is 3. The van der Waals surface area contributed by atoms with Gasteiger partial charge in [0.25, 0.3) is 0 Å². The predicted octanol–water partition coefficient (Wildman–Crippen LogP) is 1.66. The molecule has 0 radical (unpaired) electrons. The largest absolute Gasteiger partial charge is 0.343 e. The number of amides is 1. The molecular weight excluding hydrogens is 262 g/mol. The molecule has 21 heavy (non-hydrogen) atoms. The molecule has 2 saturated heterocycles. The zero-order valence-corrected chi connectivity index (χ0v) is 13.8. The Labute approximate surface area is 129 Å². The highest BCUT2D eigenvalue weighted by Crippen LogP contribution is 2.52. The van der Waals surface area contributed by atoms with E-state index in [0.717, 1.165) is 51.7 Å². The van der Waals surface area contributed by atoms with Crippen molar-refractivity contribution in [1.29, 1.82) is 0 Å². The molecule has 2 heterocycles. The average Bonchev–Trinajstić information content (AvgIpc) is 2.46. The van der Waals surface area contributed by atoms with E-state index in [9.17, 15) is 4.79 Å². The van der Waals surface area contributed by atoms with Crippen molar-refractivity contribution in [2.24, 2.45) is 11.3 Å². The van der Waals surface area contributed by atoms with Crippen LogP contribution in [-0.4, -0.2) is 73.5 Å². The van der Waals surface area contributed by atoms with Gasteiger partial charge in [-0.15, -0.1) is 0 Å². The molecule has 1 saturated carbocycles. The van der Waals surface area contributed by atoms with Crippen LogP contribution in [0.4, 0.5) is 0 Å². The first-order chi connectivity index (χ1) is 10.1. The van der Waals surface area contributed by atoms with Gasteiger partial charge in [-0.25, -0.2) is 0 Å². The Bertz CT molecular complexity index is 360. The van der Waals surface area contributed by atoms with Crippen molar-refractivity contribution in [2.45, 2.75) is 39.0 Å². The van der Waals surface area contributed by atoms with Gasteiger partial charge in [-0.2, -0.15) is 0 Å². The van der Waals surface area contributed by atoms with Gasteiger partial charge < -0.3 is 14.7 Å². The van der Waals surface area contributed by atoms with Gasteiger partial charge in [0.15, 0.2) is 0 Å². The SMILES string of the molecule is CC1CC2(CCN(C(=O)CCN3CCN(C)CC3)CC2)C1. The van der Waals surface area contributed by atoms with Gasteiger partial charge >= 0.3 is 0 Å². The smallest absolute Gasteiger partial charge is 0.223 e. The third-order valence-corrected chi connectivity index (χ3v) is 5.98. The van der Waals surface area contributed by atoms with Gasteiger partial charge in [0.2, 0.25) is 5.91 Å². The third-order valence-electron chi connectivity index (χ3n) is 5.98. The third kappa shape index (κ3) is 3.59. The Kier molecular flexibility index (Phi) is 4.55. The van der Waals surface area contributed by atoms with Crippen LogP contribution in [0.25, 0.3) is 0 Å². The van der Waals surface area contributed by atoms with Crippen molar-refractivity contribution in [2.75, 3.05) is 52.9 Å². The van der Waals surface area contributed by atoms with Crippen molar-refractivity contribution in [3.8, 4) is 0 Å². The Morgan fingerprint density at radius 1 is 1.05 bits per heavy atom. The average molecular weight is 293 g/mol. The van der Waals surface area contributed by atoms with Crippen LogP contribution < -0.4 is 0 Å². The number of carbonyl (C=O) groups is 1. The minimum absolute atomic E-state index is 0.385. The van der Waals surface area contributed by atoms with Crippen LogP contribution in [0.3, 0.4) is 0 Å². The highest BCUT2D eigenvalue weighted by Gasteiger charge is 2.44. The van der Waals surface area contributed by atoms with Gasteiger partial charge in [0, 0.05) is 52.2 Å². The summed E-state index contributed by atoms with van der Waals surface area (Å²) < 4.78 is 0. The number of piperazine rings is 1. The molecule has 3 rings (SSSR count). The first-order valence-electron chi connectivity index (χ1n) is 8.75. The summed E-state index contributed by atoms with van der Waals surface area (Å²) in [5, 5.41) is 0. The topological polar surface area (TPSA) is 26.8 Å². The molecule has 0 unspecified atom stereocenters. The Morgan fingerprint density at radius 2 is 1.67 bits per heavy atom. The summed E-state index contributed by atoms with van der Waals surface area (Å²) in [6, 6.07) is 0. The number of nitrogens with zero attached hydrogens (tertiary/aromatic N) is 3. The quantitative estimate of drug-likeness (QED) is 0.792. The molecule has 0 aromatic rings. The van der Waals surface area contributed by atoms with Crippen LogP contribution in [0.2, 0.25) is 0 Å². The van der Waals surface area contributed by atoms with E-state index in [4.69, 9.17) is 0 Å². The van der Waals surface area contributed by atoms with Crippen LogP contribution in [0.5, 0.6) is 0 Å². The second kappa shape index (κ2) is 6.25. The molecular formula is C17H31N3O. The summed E-state index contributed by atoms with van der Waals surface area (Å²) in [5.41, 5.74) is 0.619. The normalized spacial score (nSPS) is 27.8. The summed E-state index contributed by atoms with van der Waals surface area (Å²) in [7, 11) is 2.17. The van der Waals surface area contributed by atoms with Crippen molar-refractivity contribution >= 4 is 5.91 Å². The van der Waals surface area contributed by atoms with E-state index in [2.05, 4.69) is 28.7 Å². The van der Waals surface area contributed by atoms with E-state index in [-0.39, 0.29) is 0 Å². The summed E-state index contributed by atoms with van der Waals surface area (Å²) in [6.07, 6.45) is 6.01. The lowest BCUT2D eigenvalue weighted by atomic mass is 9.58. The number of likely N-dealkylation sites (tertiary alicyclic amines) is 1. The number of hydrogen-bond donors (Lipinski definition) is 0. The molecule has 0 N–H and O–H groups in total. The van der Waals surface area contributed by atoms with E-state index in [1.165, 1.54) is 25.7 Å². The highest BCUT2D eigenvalue weighted by atomic mass is 16.2. The standard InChI is InChI=1S/C17H31N3O/c1-15-13-17(14-15)4-7-20(8-5-17)16(21)3-6-19-11-9-18(2)10-12-19/h15H,3-14H2,1-2H3. The highest BCUT2D eigenvalue weighted by molar-refractivity contribution is 5.76. The molecule has 1 aliphatic carbocycles. The molecule has 1 amide bonds. The lowest BCUT2D eigenvalue weighted by molar-refractivity contribution is -0.135. The monoisotopic (exact) mass is 293 g/mol. The minimum Gasteiger partial charge on any atom is -0.343 e. The fourth-order valence-electron chi connectivity index (χ4n) is 4.54. The van der Waals surface area contributed by atoms with Crippen LogP contribution >= 0.6 is 0 Å². The van der Waals surface area contributed by atoms with Crippen molar-refractivity contribution in [3.63, 3.8) is 0 Å². The number of carbonyl (C=O) groups excluding carboxylic acids is 1. The van der Waals surface area contributed by atoms with E-state index in [1.54, 1.807) is 0 Å². The minimum atomic E-state index is 0.385. The molecule has 3 aliphatic rings. The lowest BCUT2D eigenvalue weighted by Crippen LogP contribution is -2.49. The van der Waals surface area contributed by atoms with Gasteiger partial charge in [-0.3, -0.25) is 4.79 Å². The molecule has 0 aromatic heterocycles. The second-order valence-electron chi connectivity index (χ2n) is 7.79. The van der Waals surface area contributed by atoms with E-state index >= 15 is 0 Å². The van der Waals surface area contributed by atoms with Gasteiger partial charge in [0.05, 0.1) is 0 Å². The fraction of sp³-hybridized carbons (Fsp3) is 0.941. The summed E-state index contributed by atoms with van der Waals surface area (Å²) in [5.74, 6) is 1.31. The fourth-order valence-corrected chi connectivity index (χ4v) is 4.54. The number of likely N-dealkylation sites (N-methyl/N-ethyl adjacent to an activating group) is 1. The van der Waals surface area contributed by atoms with E-state index in [0.29, 0.717) is 17.7 Å². The van der Waals surface area contributed by atoms with E-state index < -0.39 is 0 Å². The van der Waals surface area contributed by atoms with Crippen LogP contribution in [0.15, 0.2) is 0 Å². The number of piperidine rings is 1. The maximum Gasteiger partial charge on any atom is 0.223 e. The molecule has 0 bridgehead atoms. The molecule has 0 aromatic carbocycles. The van der Waals surface area contributed by atoms with Gasteiger partial charge in [-0.05, 0) is 44.1 Å². The zero-order valence-electron chi connectivity index (χ0n) is 13.8. The maximum atomic E-state index is 12.4. The predicted molar refractivity (Wildman–Crippen MR) is 85.2 cm³/mol. The summed E-state index contributed by atoms with van der Waals surface area (Å²) in [6.45, 7) is 9.83. The molecule has 3 fully saturated rings. The maximum absolute atomic E-state index is 12.4. The van der Waals surface area contributed by atoms with Crippen molar-refractivity contribution < 1.29 is 4.79 Å².